The van der Waals surface area contributed by atoms with Crippen molar-refractivity contribution in [2.24, 2.45) is 0 Å². The first-order chi connectivity index (χ1) is 14.1. The van der Waals surface area contributed by atoms with Gasteiger partial charge in [0, 0.05) is 10.8 Å². The van der Waals surface area contributed by atoms with Crippen molar-refractivity contribution in [3.8, 4) is 10.4 Å². The topological polar surface area (TPSA) is 118 Å². The summed E-state index contributed by atoms with van der Waals surface area (Å²) in [5.74, 6) is -1.57. The average Bonchev–Trinajstić information content (AvgIpc) is 3.44. The number of carbonyl (C=O) groups excluding carboxylic acids is 1. The third-order valence-electron chi connectivity index (χ3n) is 4.42. The van der Waals surface area contributed by atoms with E-state index in [0.29, 0.717) is 27.1 Å². The van der Waals surface area contributed by atoms with E-state index in [1.54, 1.807) is 35.7 Å². The first-order valence-electron chi connectivity index (χ1n) is 8.47. The minimum atomic E-state index is -1.15. The molecule has 0 aliphatic rings. The SMILES string of the molecule is O=C(Nc1csc(-c2ccc3nonc3c2)c1C(=O)O)c1cc2ccccc2o1. The van der Waals surface area contributed by atoms with E-state index in [1.165, 1.54) is 11.3 Å². The number of thiophene rings is 1. The van der Waals surface area contributed by atoms with Gasteiger partial charge in [0.1, 0.15) is 22.2 Å². The maximum absolute atomic E-state index is 12.6. The van der Waals surface area contributed by atoms with Crippen LogP contribution in [0.15, 0.2) is 63.0 Å². The third-order valence-corrected chi connectivity index (χ3v) is 5.45. The number of para-hydroxylation sites is 1. The lowest BCUT2D eigenvalue weighted by atomic mass is 10.1. The standard InChI is InChI=1S/C20H11N3O5S/c24-19(16-8-10-3-1-2-4-15(10)27-16)21-14-9-29-18(17(14)20(25)26)11-5-6-12-13(7-11)23-28-22-12/h1-9H,(H,21,24)(H,25,26). The maximum atomic E-state index is 12.6. The van der Waals surface area contributed by atoms with Crippen LogP contribution in [-0.2, 0) is 0 Å². The first-order valence-corrected chi connectivity index (χ1v) is 9.35. The van der Waals surface area contributed by atoms with Crippen molar-refractivity contribution in [3.63, 3.8) is 0 Å². The van der Waals surface area contributed by atoms with E-state index >= 15 is 0 Å². The van der Waals surface area contributed by atoms with E-state index in [4.69, 9.17) is 4.42 Å². The van der Waals surface area contributed by atoms with Crippen LogP contribution >= 0.6 is 11.3 Å². The van der Waals surface area contributed by atoms with Crippen molar-refractivity contribution in [2.45, 2.75) is 0 Å². The highest BCUT2D eigenvalue weighted by atomic mass is 32.1. The lowest BCUT2D eigenvalue weighted by molar-refractivity contribution is 0.0699. The van der Waals surface area contributed by atoms with Gasteiger partial charge < -0.3 is 14.8 Å². The van der Waals surface area contributed by atoms with Crippen LogP contribution in [0.3, 0.4) is 0 Å². The van der Waals surface area contributed by atoms with Gasteiger partial charge in [-0.1, -0.05) is 24.3 Å². The normalized spacial score (nSPS) is 11.2. The Morgan fingerprint density at radius 3 is 2.69 bits per heavy atom. The van der Waals surface area contributed by atoms with Crippen LogP contribution in [0.4, 0.5) is 5.69 Å². The summed E-state index contributed by atoms with van der Waals surface area (Å²) in [7, 11) is 0. The van der Waals surface area contributed by atoms with Gasteiger partial charge in [0.15, 0.2) is 5.76 Å². The van der Waals surface area contributed by atoms with E-state index in [-0.39, 0.29) is 17.0 Å². The van der Waals surface area contributed by atoms with Crippen LogP contribution in [0.2, 0.25) is 0 Å². The van der Waals surface area contributed by atoms with E-state index in [9.17, 15) is 14.7 Å². The number of carboxylic acid groups (broad SMARTS) is 1. The summed E-state index contributed by atoms with van der Waals surface area (Å²) < 4.78 is 10.2. The highest BCUT2D eigenvalue weighted by Crippen LogP contribution is 2.37. The molecule has 0 aliphatic carbocycles. The number of nitrogens with zero attached hydrogens (tertiary/aromatic N) is 2. The van der Waals surface area contributed by atoms with Crippen molar-refractivity contribution < 1.29 is 23.7 Å². The van der Waals surface area contributed by atoms with Gasteiger partial charge >= 0.3 is 5.97 Å². The van der Waals surface area contributed by atoms with Crippen molar-refractivity contribution in [1.82, 2.24) is 10.3 Å². The van der Waals surface area contributed by atoms with Gasteiger partial charge in [-0.25, -0.2) is 9.42 Å². The molecule has 8 nitrogen and oxygen atoms in total. The van der Waals surface area contributed by atoms with Crippen molar-refractivity contribution >= 4 is 50.9 Å². The Morgan fingerprint density at radius 2 is 1.86 bits per heavy atom. The van der Waals surface area contributed by atoms with E-state index < -0.39 is 11.9 Å². The second-order valence-electron chi connectivity index (χ2n) is 6.23. The van der Waals surface area contributed by atoms with Crippen LogP contribution in [-0.4, -0.2) is 27.3 Å². The van der Waals surface area contributed by atoms with Crippen molar-refractivity contribution in [1.29, 1.82) is 0 Å². The monoisotopic (exact) mass is 405 g/mol. The molecule has 2 aromatic carbocycles. The van der Waals surface area contributed by atoms with Gasteiger partial charge in [-0.2, -0.15) is 0 Å². The zero-order valence-electron chi connectivity index (χ0n) is 14.6. The number of amides is 1. The van der Waals surface area contributed by atoms with Gasteiger partial charge in [-0.3, -0.25) is 4.79 Å². The fraction of sp³-hybridized carbons (Fsp3) is 0. The van der Waals surface area contributed by atoms with Crippen molar-refractivity contribution in [2.75, 3.05) is 5.32 Å². The van der Waals surface area contributed by atoms with Crippen LogP contribution in [0, 0.1) is 0 Å². The molecule has 0 radical (unpaired) electrons. The lowest BCUT2D eigenvalue weighted by Gasteiger charge is -2.05. The minimum Gasteiger partial charge on any atom is -0.478 e. The van der Waals surface area contributed by atoms with Gasteiger partial charge in [-0.15, -0.1) is 11.3 Å². The van der Waals surface area contributed by atoms with E-state index in [1.807, 2.05) is 18.2 Å². The number of hydrogen-bond acceptors (Lipinski definition) is 7. The van der Waals surface area contributed by atoms with Gasteiger partial charge in [-0.05, 0) is 40.1 Å². The molecule has 3 aromatic heterocycles. The third kappa shape index (κ3) is 2.93. The molecular formula is C20H11N3O5S. The molecule has 0 saturated carbocycles. The second kappa shape index (κ2) is 6.57. The zero-order chi connectivity index (χ0) is 20.0. The smallest absolute Gasteiger partial charge is 0.339 e. The molecule has 3 heterocycles. The number of furan rings is 1. The lowest BCUT2D eigenvalue weighted by Crippen LogP contribution is -2.13. The molecular weight excluding hydrogens is 394 g/mol. The molecule has 2 N–H and O–H groups in total. The Labute approximate surface area is 166 Å². The Kier molecular flexibility index (Phi) is 3.88. The molecule has 0 unspecified atom stereocenters. The number of rotatable bonds is 4. The fourth-order valence-corrected chi connectivity index (χ4v) is 4.07. The van der Waals surface area contributed by atoms with E-state index in [2.05, 4.69) is 20.3 Å². The van der Waals surface area contributed by atoms with Gasteiger partial charge in [0.2, 0.25) is 0 Å². The summed E-state index contributed by atoms with van der Waals surface area (Å²) in [6.07, 6.45) is 0. The Morgan fingerprint density at radius 1 is 1.03 bits per heavy atom. The number of anilines is 1. The first kappa shape index (κ1) is 17.1. The highest BCUT2D eigenvalue weighted by Gasteiger charge is 2.23. The molecule has 9 heteroatoms. The van der Waals surface area contributed by atoms with Crippen LogP contribution in [0.1, 0.15) is 20.9 Å². The second-order valence-corrected chi connectivity index (χ2v) is 7.11. The fourth-order valence-electron chi connectivity index (χ4n) is 3.08. The number of aromatic carboxylic acids is 1. The predicted molar refractivity (Wildman–Crippen MR) is 106 cm³/mol. The molecule has 29 heavy (non-hydrogen) atoms. The Hall–Kier alpha value is -3.98. The molecule has 1 amide bonds. The van der Waals surface area contributed by atoms with Crippen molar-refractivity contribution in [3.05, 3.63) is 65.2 Å². The molecule has 0 atom stereocenters. The molecule has 0 aliphatic heterocycles. The minimum absolute atomic E-state index is 0.00438. The molecule has 5 aromatic rings. The molecule has 5 rings (SSSR count). The summed E-state index contributed by atoms with van der Waals surface area (Å²) in [6, 6.07) is 14.0. The number of nitrogens with one attached hydrogen (secondary N) is 1. The maximum Gasteiger partial charge on any atom is 0.339 e. The summed E-state index contributed by atoms with van der Waals surface area (Å²) in [5, 5.41) is 22.3. The molecule has 142 valence electrons. The van der Waals surface area contributed by atoms with Gasteiger partial charge in [0.25, 0.3) is 5.91 Å². The predicted octanol–water partition coefficient (Wildman–Crippen LogP) is 4.65. The molecule has 0 spiro atoms. The largest absolute Gasteiger partial charge is 0.478 e. The summed E-state index contributed by atoms with van der Waals surface area (Å²) in [4.78, 5) is 25.0. The molecule has 0 fully saturated rings. The van der Waals surface area contributed by atoms with Crippen LogP contribution < -0.4 is 5.32 Å². The zero-order valence-corrected chi connectivity index (χ0v) is 15.4. The summed E-state index contributed by atoms with van der Waals surface area (Å²) in [6.45, 7) is 0. The summed E-state index contributed by atoms with van der Waals surface area (Å²) >= 11 is 1.21. The number of aromatic nitrogens is 2. The Bertz CT molecular complexity index is 1360. The van der Waals surface area contributed by atoms with Gasteiger partial charge in [0.05, 0.1) is 10.6 Å². The Balaban J connectivity index is 1.51. The van der Waals surface area contributed by atoms with Crippen LogP contribution in [0.25, 0.3) is 32.4 Å². The van der Waals surface area contributed by atoms with Crippen LogP contribution in [0.5, 0.6) is 0 Å². The number of hydrogen-bond donors (Lipinski definition) is 2. The average molecular weight is 405 g/mol. The quantitative estimate of drug-likeness (QED) is 0.447. The highest BCUT2D eigenvalue weighted by molar-refractivity contribution is 7.14. The summed E-state index contributed by atoms with van der Waals surface area (Å²) in [5.41, 5.74) is 2.49. The number of benzene rings is 2. The molecule has 0 bridgehead atoms. The number of carbonyl (C=O) groups is 2. The molecule has 0 saturated heterocycles. The number of carboxylic acids is 1. The van der Waals surface area contributed by atoms with E-state index in [0.717, 1.165) is 5.39 Å². The number of fused-ring (bicyclic) bond motifs is 2.